The molecule has 1 N–H and O–H groups in total. The maximum absolute atomic E-state index is 11.8. The van der Waals surface area contributed by atoms with Crippen LogP contribution < -0.4 is 11.2 Å². The van der Waals surface area contributed by atoms with Crippen molar-refractivity contribution < 1.29 is 4.52 Å². The molecule has 0 aliphatic rings. The normalized spacial score (nSPS) is 10.9. The van der Waals surface area contributed by atoms with Gasteiger partial charge in [0.25, 0.3) is 11.4 Å². The molecule has 102 valence electrons. The minimum absolute atomic E-state index is 0.129. The molecule has 0 bridgehead atoms. The van der Waals surface area contributed by atoms with Crippen molar-refractivity contribution in [3.8, 4) is 22.2 Å². The Labute approximate surface area is 115 Å². The van der Waals surface area contributed by atoms with Gasteiger partial charge in [-0.2, -0.15) is 4.98 Å². The van der Waals surface area contributed by atoms with Gasteiger partial charge in [0.1, 0.15) is 10.4 Å². The highest BCUT2D eigenvalue weighted by Gasteiger charge is 2.17. The van der Waals surface area contributed by atoms with Gasteiger partial charge >= 0.3 is 5.69 Å². The molecule has 0 aliphatic carbocycles. The lowest BCUT2D eigenvalue weighted by molar-refractivity contribution is 0.433. The Hall–Kier alpha value is -2.55. The lowest BCUT2D eigenvalue weighted by Gasteiger charge is -1.97. The lowest BCUT2D eigenvalue weighted by Crippen LogP contribution is -2.28. The number of aromatic nitrogens is 5. The highest BCUT2D eigenvalue weighted by atomic mass is 32.1. The molecule has 0 spiro atoms. The molecular weight excluding hydrogens is 282 g/mol. The van der Waals surface area contributed by atoms with Crippen LogP contribution in [0.4, 0.5) is 0 Å². The Morgan fingerprint density at radius 1 is 1.40 bits per heavy atom. The fourth-order valence-corrected chi connectivity index (χ4v) is 2.38. The smallest absolute Gasteiger partial charge is 0.328 e. The molecule has 3 aromatic heterocycles. The van der Waals surface area contributed by atoms with Crippen LogP contribution in [0.2, 0.25) is 0 Å². The Kier molecular flexibility index (Phi) is 2.83. The van der Waals surface area contributed by atoms with Crippen molar-refractivity contribution in [3.63, 3.8) is 0 Å². The van der Waals surface area contributed by atoms with Gasteiger partial charge < -0.3 is 9.09 Å². The second kappa shape index (κ2) is 4.53. The van der Waals surface area contributed by atoms with E-state index >= 15 is 0 Å². The van der Waals surface area contributed by atoms with Gasteiger partial charge in [0.15, 0.2) is 0 Å². The van der Waals surface area contributed by atoms with Gasteiger partial charge in [-0.05, 0) is 6.92 Å². The minimum atomic E-state index is -0.554. The summed E-state index contributed by atoms with van der Waals surface area (Å²) in [5.74, 6) is 0.429. The van der Waals surface area contributed by atoms with Crippen molar-refractivity contribution in [2.75, 3.05) is 0 Å². The van der Waals surface area contributed by atoms with Crippen LogP contribution >= 0.6 is 11.3 Å². The van der Waals surface area contributed by atoms with Crippen molar-refractivity contribution in [3.05, 3.63) is 38.2 Å². The number of aryl methyl sites for hydroxylation is 2. The topological polar surface area (TPSA) is 107 Å². The molecule has 0 unspecified atom stereocenters. The first-order chi connectivity index (χ1) is 9.56. The predicted molar refractivity (Wildman–Crippen MR) is 71.4 cm³/mol. The molecule has 3 heterocycles. The third-order valence-corrected chi connectivity index (χ3v) is 3.63. The van der Waals surface area contributed by atoms with E-state index in [1.807, 2.05) is 6.92 Å². The number of H-pyrrole nitrogens is 1. The van der Waals surface area contributed by atoms with E-state index in [0.29, 0.717) is 5.89 Å². The third kappa shape index (κ3) is 1.97. The van der Waals surface area contributed by atoms with Crippen LogP contribution in [0.5, 0.6) is 0 Å². The molecule has 0 radical (unpaired) electrons. The van der Waals surface area contributed by atoms with Gasteiger partial charge in [0, 0.05) is 13.2 Å². The average molecular weight is 291 g/mol. The van der Waals surface area contributed by atoms with Crippen LogP contribution in [-0.2, 0) is 7.05 Å². The molecule has 9 heteroatoms. The number of rotatable bonds is 2. The maximum Gasteiger partial charge on any atom is 0.328 e. The number of hydrogen-bond acceptors (Lipinski definition) is 7. The second-order valence-corrected chi connectivity index (χ2v) is 4.96. The predicted octanol–water partition coefficient (Wildman–Crippen LogP) is 0.556. The number of aromatic amines is 1. The summed E-state index contributed by atoms with van der Waals surface area (Å²) in [6.07, 6.45) is 1.37. The highest BCUT2D eigenvalue weighted by Crippen LogP contribution is 2.26. The van der Waals surface area contributed by atoms with E-state index < -0.39 is 11.2 Å². The van der Waals surface area contributed by atoms with Crippen molar-refractivity contribution >= 4 is 11.3 Å². The Morgan fingerprint density at radius 3 is 2.90 bits per heavy atom. The average Bonchev–Trinajstić information content (AvgIpc) is 3.02. The molecule has 0 saturated carbocycles. The Morgan fingerprint density at radius 2 is 2.20 bits per heavy atom. The molecule has 20 heavy (non-hydrogen) atoms. The first kappa shape index (κ1) is 12.5. The number of hydrogen-bond donors (Lipinski definition) is 1. The first-order valence-corrected chi connectivity index (χ1v) is 6.48. The zero-order valence-corrected chi connectivity index (χ0v) is 11.4. The van der Waals surface area contributed by atoms with Gasteiger partial charge in [-0.1, -0.05) is 5.16 Å². The van der Waals surface area contributed by atoms with Gasteiger partial charge in [0.05, 0.1) is 11.2 Å². The van der Waals surface area contributed by atoms with E-state index in [1.165, 1.54) is 29.1 Å². The molecule has 0 aliphatic heterocycles. The highest BCUT2D eigenvalue weighted by molar-refractivity contribution is 7.13. The van der Waals surface area contributed by atoms with Crippen LogP contribution in [0.25, 0.3) is 22.2 Å². The van der Waals surface area contributed by atoms with Crippen LogP contribution in [0, 0.1) is 6.92 Å². The summed E-state index contributed by atoms with van der Waals surface area (Å²) in [5, 5.41) is 3.77. The van der Waals surface area contributed by atoms with Gasteiger partial charge in [-0.3, -0.25) is 9.78 Å². The molecule has 0 fully saturated rings. The fourth-order valence-electron chi connectivity index (χ4n) is 1.66. The number of thiazole rings is 1. The summed E-state index contributed by atoms with van der Waals surface area (Å²) in [7, 11) is 1.52. The van der Waals surface area contributed by atoms with Gasteiger partial charge in [-0.15, -0.1) is 11.3 Å². The zero-order valence-electron chi connectivity index (χ0n) is 10.6. The molecule has 0 aromatic carbocycles. The minimum Gasteiger partial charge on any atom is -0.333 e. The largest absolute Gasteiger partial charge is 0.333 e. The molecule has 0 atom stereocenters. The van der Waals surface area contributed by atoms with E-state index in [4.69, 9.17) is 4.52 Å². The summed E-state index contributed by atoms with van der Waals surface area (Å²) in [6.45, 7) is 1.83. The fraction of sp³-hybridized carbons (Fsp3) is 0.182. The number of nitrogens with one attached hydrogen (secondary N) is 1. The van der Waals surface area contributed by atoms with Crippen LogP contribution in [0.1, 0.15) is 5.69 Å². The molecular formula is C11H9N5O3S. The summed E-state index contributed by atoms with van der Waals surface area (Å²) in [6, 6.07) is 0. The van der Waals surface area contributed by atoms with Crippen molar-refractivity contribution in [1.29, 1.82) is 0 Å². The van der Waals surface area contributed by atoms with Crippen LogP contribution in [0.15, 0.2) is 25.8 Å². The van der Waals surface area contributed by atoms with E-state index in [1.54, 1.807) is 5.51 Å². The quantitative estimate of drug-likeness (QED) is 0.739. The van der Waals surface area contributed by atoms with E-state index in [9.17, 15) is 9.59 Å². The molecule has 3 rings (SSSR count). The van der Waals surface area contributed by atoms with E-state index in [-0.39, 0.29) is 11.4 Å². The SMILES string of the molecule is Cc1ncsc1-c1nc(-c2cn(C)c(=O)[nH]c2=O)no1. The Balaban J connectivity index is 2.12. The monoisotopic (exact) mass is 291 g/mol. The van der Waals surface area contributed by atoms with Crippen molar-refractivity contribution in [2.24, 2.45) is 7.05 Å². The van der Waals surface area contributed by atoms with Crippen molar-refractivity contribution in [1.82, 2.24) is 24.7 Å². The third-order valence-electron chi connectivity index (χ3n) is 2.71. The zero-order chi connectivity index (χ0) is 14.3. The van der Waals surface area contributed by atoms with Crippen molar-refractivity contribution in [2.45, 2.75) is 6.92 Å². The summed E-state index contributed by atoms with van der Waals surface area (Å²) in [5.41, 5.74) is 1.57. The first-order valence-electron chi connectivity index (χ1n) is 5.61. The molecule has 0 saturated heterocycles. The van der Waals surface area contributed by atoms with E-state index in [0.717, 1.165) is 10.6 Å². The van der Waals surface area contributed by atoms with E-state index in [2.05, 4.69) is 20.1 Å². The summed E-state index contributed by atoms with van der Waals surface area (Å²) >= 11 is 1.37. The van der Waals surface area contributed by atoms with Crippen LogP contribution in [-0.4, -0.2) is 24.7 Å². The van der Waals surface area contributed by atoms with Gasteiger partial charge in [-0.25, -0.2) is 9.78 Å². The standard InChI is InChI=1S/C11H9N5O3S/c1-5-7(20-4-12-5)10-13-8(15-19-10)6-3-16(2)11(18)14-9(6)17/h3-4H,1-2H3,(H,14,17,18). The molecule has 8 nitrogen and oxygen atoms in total. The lowest BCUT2D eigenvalue weighted by atomic mass is 10.3. The van der Waals surface area contributed by atoms with Crippen LogP contribution in [0.3, 0.4) is 0 Å². The maximum atomic E-state index is 11.8. The Bertz CT molecular complexity index is 888. The number of nitrogens with zero attached hydrogens (tertiary/aromatic N) is 4. The summed E-state index contributed by atoms with van der Waals surface area (Å²) in [4.78, 5) is 34.3. The molecule has 0 amide bonds. The second-order valence-electron chi connectivity index (χ2n) is 4.10. The van der Waals surface area contributed by atoms with Gasteiger partial charge in [0.2, 0.25) is 5.82 Å². The summed E-state index contributed by atoms with van der Waals surface area (Å²) < 4.78 is 6.38. The molecule has 3 aromatic rings.